The van der Waals surface area contributed by atoms with Gasteiger partial charge in [-0.1, -0.05) is 24.0 Å². The van der Waals surface area contributed by atoms with E-state index in [9.17, 15) is 14.7 Å². The standard InChI is InChI=1S/C29H30N4O3/c1-19-6-5-7-23(31-19)16-21-13-15-30-25(17-21)27(34)32-24-11-10-22-9-8-20(12-14-29(2,3)36)18-26(22)33(4)28(24)35/h5-9,13,15,17-18,24,36H,10-11,16H2,1-4H3,(H,32,34)/t24-/m1/s1. The van der Waals surface area contributed by atoms with Crippen LogP contribution in [0.4, 0.5) is 5.69 Å². The van der Waals surface area contributed by atoms with E-state index < -0.39 is 11.6 Å². The molecule has 0 unspecified atom stereocenters. The lowest BCUT2D eigenvalue weighted by Gasteiger charge is -2.22. The van der Waals surface area contributed by atoms with Crippen LogP contribution in [-0.2, 0) is 17.6 Å². The minimum Gasteiger partial charge on any atom is -0.378 e. The minimum absolute atomic E-state index is 0.199. The van der Waals surface area contributed by atoms with Crippen LogP contribution in [0.15, 0.2) is 54.7 Å². The van der Waals surface area contributed by atoms with Gasteiger partial charge in [0.15, 0.2) is 0 Å². The Morgan fingerprint density at radius 3 is 2.78 bits per heavy atom. The van der Waals surface area contributed by atoms with E-state index in [0.29, 0.717) is 24.8 Å². The van der Waals surface area contributed by atoms with Crippen LogP contribution >= 0.6 is 0 Å². The molecule has 3 heterocycles. The number of anilines is 1. The molecule has 2 aromatic heterocycles. The molecule has 0 saturated carbocycles. The van der Waals surface area contributed by atoms with Crippen molar-refractivity contribution >= 4 is 17.5 Å². The maximum Gasteiger partial charge on any atom is 0.270 e. The van der Waals surface area contributed by atoms with Crippen LogP contribution in [0.5, 0.6) is 0 Å². The molecule has 7 nitrogen and oxygen atoms in total. The summed E-state index contributed by atoms with van der Waals surface area (Å²) in [5, 5.41) is 12.8. The van der Waals surface area contributed by atoms with E-state index in [1.54, 1.807) is 38.1 Å². The first-order chi connectivity index (χ1) is 17.1. The van der Waals surface area contributed by atoms with Gasteiger partial charge >= 0.3 is 0 Å². The number of carbonyl (C=O) groups excluding carboxylic acids is 2. The first-order valence-electron chi connectivity index (χ1n) is 11.9. The summed E-state index contributed by atoms with van der Waals surface area (Å²) < 4.78 is 0. The molecule has 0 aliphatic carbocycles. The number of nitrogens with zero attached hydrogens (tertiary/aromatic N) is 3. The summed E-state index contributed by atoms with van der Waals surface area (Å²) >= 11 is 0. The highest BCUT2D eigenvalue weighted by atomic mass is 16.3. The molecule has 1 aromatic carbocycles. The molecular weight excluding hydrogens is 452 g/mol. The Bertz CT molecular complexity index is 1360. The van der Waals surface area contributed by atoms with E-state index >= 15 is 0 Å². The predicted octanol–water partition coefficient (Wildman–Crippen LogP) is 3.21. The fourth-order valence-electron chi connectivity index (χ4n) is 4.15. The van der Waals surface area contributed by atoms with Crippen molar-refractivity contribution in [2.45, 2.75) is 51.7 Å². The Balaban J connectivity index is 1.48. The number of rotatable bonds is 4. The number of nitrogens with one attached hydrogen (secondary N) is 1. The maximum atomic E-state index is 13.2. The van der Waals surface area contributed by atoms with E-state index in [1.807, 2.05) is 49.4 Å². The summed E-state index contributed by atoms with van der Waals surface area (Å²) in [6.45, 7) is 5.19. The normalized spacial score (nSPS) is 15.4. The Labute approximate surface area is 211 Å². The molecule has 1 atom stereocenters. The molecule has 184 valence electrons. The maximum absolute atomic E-state index is 13.2. The molecule has 1 aliphatic heterocycles. The highest BCUT2D eigenvalue weighted by Gasteiger charge is 2.30. The van der Waals surface area contributed by atoms with Gasteiger partial charge in [-0.25, -0.2) is 0 Å². The third-order valence-electron chi connectivity index (χ3n) is 5.98. The van der Waals surface area contributed by atoms with E-state index in [1.165, 1.54) is 0 Å². The molecule has 0 saturated heterocycles. The van der Waals surface area contributed by atoms with E-state index in [2.05, 4.69) is 27.1 Å². The fourth-order valence-corrected chi connectivity index (χ4v) is 4.15. The highest BCUT2D eigenvalue weighted by molar-refractivity contribution is 6.02. The first-order valence-corrected chi connectivity index (χ1v) is 11.9. The van der Waals surface area contributed by atoms with Gasteiger partial charge in [-0.3, -0.25) is 19.6 Å². The SMILES string of the molecule is Cc1cccc(Cc2ccnc(C(=O)N[C@@H]3CCc4ccc(C#CC(C)(C)O)cc4N(C)C3=O)c2)n1. The fraction of sp³-hybridized carbons (Fsp3) is 0.310. The number of carbonyl (C=O) groups is 2. The predicted molar refractivity (Wildman–Crippen MR) is 139 cm³/mol. The lowest BCUT2D eigenvalue weighted by atomic mass is 10.0. The van der Waals surface area contributed by atoms with Gasteiger partial charge in [0.1, 0.15) is 17.3 Å². The number of fused-ring (bicyclic) bond motifs is 1. The molecule has 0 radical (unpaired) electrons. The zero-order chi connectivity index (χ0) is 25.9. The van der Waals surface area contributed by atoms with Crippen LogP contribution in [0.3, 0.4) is 0 Å². The minimum atomic E-state index is -1.11. The second kappa shape index (κ2) is 10.3. The van der Waals surface area contributed by atoms with Crippen molar-refractivity contribution in [2.75, 3.05) is 11.9 Å². The number of pyridine rings is 2. The van der Waals surface area contributed by atoms with Gasteiger partial charge in [-0.05, 0) is 81.1 Å². The average molecular weight is 483 g/mol. The van der Waals surface area contributed by atoms with Gasteiger partial charge in [0, 0.05) is 42.3 Å². The molecule has 0 bridgehead atoms. The Morgan fingerprint density at radius 2 is 2.03 bits per heavy atom. The lowest BCUT2D eigenvalue weighted by molar-refractivity contribution is -0.120. The Kier molecular flexibility index (Phi) is 7.18. The number of likely N-dealkylation sites (N-methyl/N-ethyl adjacent to an activating group) is 1. The zero-order valence-electron chi connectivity index (χ0n) is 21.0. The third-order valence-corrected chi connectivity index (χ3v) is 5.98. The summed E-state index contributed by atoms with van der Waals surface area (Å²) in [5.41, 5.74) is 4.40. The van der Waals surface area contributed by atoms with Crippen molar-refractivity contribution in [1.29, 1.82) is 0 Å². The number of aromatic nitrogens is 2. The second-order valence-electron chi connectivity index (χ2n) is 9.61. The average Bonchev–Trinajstić information content (AvgIpc) is 2.94. The molecule has 2 N–H and O–H groups in total. The van der Waals surface area contributed by atoms with Gasteiger partial charge in [0.25, 0.3) is 5.91 Å². The van der Waals surface area contributed by atoms with Gasteiger partial charge in [0.2, 0.25) is 5.91 Å². The van der Waals surface area contributed by atoms with Crippen molar-refractivity contribution in [3.8, 4) is 11.8 Å². The number of hydrogen-bond acceptors (Lipinski definition) is 5. The summed E-state index contributed by atoms with van der Waals surface area (Å²) in [6, 6.07) is 14.5. The van der Waals surface area contributed by atoms with Gasteiger partial charge in [-0.2, -0.15) is 0 Å². The molecule has 0 spiro atoms. The smallest absolute Gasteiger partial charge is 0.270 e. The number of hydrogen-bond donors (Lipinski definition) is 2. The van der Waals surface area contributed by atoms with Gasteiger partial charge in [0.05, 0.1) is 0 Å². The highest BCUT2D eigenvalue weighted by Crippen LogP contribution is 2.27. The molecule has 36 heavy (non-hydrogen) atoms. The summed E-state index contributed by atoms with van der Waals surface area (Å²) in [4.78, 5) is 36.6. The van der Waals surface area contributed by atoms with Crippen LogP contribution in [0.1, 0.15) is 58.8 Å². The summed E-state index contributed by atoms with van der Waals surface area (Å²) in [7, 11) is 1.70. The van der Waals surface area contributed by atoms with Crippen LogP contribution in [-0.4, -0.2) is 45.6 Å². The van der Waals surface area contributed by atoms with Gasteiger partial charge in [-0.15, -0.1) is 0 Å². The molecule has 0 fully saturated rings. The Hall–Kier alpha value is -4.02. The van der Waals surface area contributed by atoms with Crippen LogP contribution in [0.2, 0.25) is 0 Å². The number of aliphatic hydroxyl groups is 1. The van der Waals surface area contributed by atoms with Crippen molar-refractivity contribution in [2.24, 2.45) is 0 Å². The third kappa shape index (κ3) is 6.15. The molecule has 1 aliphatic rings. The van der Waals surface area contributed by atoms with Crippen molar-refractivity contribution in [3.05, 3.63) is 88.5 Å². The number of amides is 2. The van der Waals surface area contributed by atoms with Gasteiger partial charge < -0.3 is 15.3 Å². The summed E-state index contributed by atoms with van der Waals surface area (Å²) in [6.07, 6.45) is 3.29. The lowest BCUT2D eigenvalue weighted by Crippen LogP contribution is -2.47. The quantitative estimate of drug-likeness (QED) is 0.557. The van der Waals surface area contributed by atoms with E-state index in [4.69, 9.17) is 0 Å². The number of benzene rings is 1. The Morgan fingerprint density at radius 1 is 1.22 bits per heavy atom. The molecule has 4 rings (SSSR count). The second-order valence-corrected chi connectivity index (χ2v) is 9.61. The zero-order valence-corrected chi connectivity index (χ0v) is 21.0. The van der Waals surface area contributed by atoms with E-state index in [0.717, 1.165) is 28.2 Å². The topological polar surface area (TPSA) is 95.4 Å². The molecular formula is C29H30N4O3. The van der Waals surface area contributed by atoms with Crippen molar-refractivity contribution < 1.29 is 14.7 Å². The first kappa shape index (κ1) is 25.1. The van der Waals surface area contributed by atoms with E-state index in [-0.39, 0.29) is 17.5 Å². The monoisotopic (exact) mass is 482 g/mol. The van der Waals surface area contributed by atoms with Crippen molar-refractivity contribution in [1.82, 2.24) is 15.3 Å². The molecule has 7 heteroatoms. The number of aryl methyl sites for hydroxylation is 2. The summed E-state index contributed by atoms with van der Waals surface area (Å²) in [5.74, 6) is 5.17. The molecule has 3 aromatic rings. The van der Waals surface area contributed by atoms with Crippen LogP contribution in [0.25, 0.3) is 0 Å². The van der Waals surface area contributed by atoms with Crippen LogP contribution < -0.4 is 10.2 Å². The van der Waals surface area contributed by atoms with Crippen molar-refractivity contribution in [3.63, 3.8) is 0 Å². The van der Waals surface area contributed by atoms with Crippen LogP contribution in [0, 0.1) is 18.8 Å². The largest absolute Gasteiger partial charge is 0.378 e. The molecule has 2 amide bonds.